The highest BCUT2D eigenvalue weighted by Gasteiger charge is 2.10. The first-order valence-corrected chi connectivity index (χ1v) is 6.13. The Kier molecular flexibility index (Phi) is 3.66. The fourth-order valence-corrected chi connectivity index (χ4v) is 1.85. The Morgan fingerprint density at radius 1 is 1.33 bits per heavy atom. The molecule has 0 bridgehead atoms. The van der Waals surface area contributed by atoms with Crippen LogP contribution < -0.4 is 16.2 Å². The first kappa shape index (κ1) is 12.6. The highest BCUT2D eigenvalue weighted by atomic mass is 127. The predicted octanol–water partition coefficient (Wildman–Crippen LogP) is 2.16. The van der Waals surface area contributed by atoms with Crippen LogP contribution >= 0.6 is 22.6 Å². The monoisotopic (exact) mass is 355 g/mol. The van der Waals surface area contributed by atoms with E-state index in [1.165, 1.54) is 12.3 Å². The van der Waals surface area contributed by atoms with Crippen molar-refractivity contribution < 1.29 is 9.53 Å². The number of aromatic nitrogens is 1. The molecule has 0 aliphatic heterocycles. The number of hydrogen-bond donors (Lipinski definition) is 2. The van der Waals surface area contributed by atoms with Crippen LogP contribution in [0.15, 0.2) is 36.5 Å². The number of ether oxygens (including phenoxy) is 1. The Labute approximate surface area is 117 Å². The quantitative estimate of drug-likeness (QED) is 0.826. The molecule has 92 valence electrons. The van der Waals surface area contributed by atoms with Gasteiger partial charge in [0.05, 0.1) is 21.0 Å². The number of nitrogen functional groups attached to an aromatic ring is 1. The molecule has 1 aromatic heterocycles. The number of anilines is 1. The minimum Gasteiger partial charge on any atom is -0.438 e. The number of pyridine rings is 1. The lowest BCUT2D eigenvalue weighted by atomic mass is 10.2. The largest absolute Gasteiger partial charge is 0.438 e. The van der Waals surface area contributed by atoms with Gasteiger partial charge in [-0.25, -0.2) is 4.98 Å². The van der Waals surface area contributed by atoms with E-state index >= 15 is 0 Å². The number of nitrogens with zero attached hydrogens (tertiary/aromatic N) is 1. The van der Waals surface area contributed by atoms with Crippen LogP contribution in [-0.4, -0.2) is 10.9 Å². The molecule has 0 saturated carbocycles. The van der Waals surface area contributed by atoms with Crippen LogP contribution in [0.2, 0.25) is 0 Å². The minimum atomic E-state index is -0.609. The lowest BCUT2D eigenvalue weighted by Gasteiger charge is -2.08. The van der Waals surface area contributed by atoms with Gasteiger partial charge < -0.3 is 16.2 Å². The van der Waals surface area contributed by atoms with Crippen molar-refractivity contribution in [3.8, 4) is 11.6 Å². The van der Waals surface area contributed by atoms with Crippen LogP contribution in [0.25, 0.3) is 0 Å². The van der Waals surface area contributed by atoms with Crippen molar-refractivity contribution in [3.05, 3.63) is 45.7 Å². The van der Waals surface area contributed by atoms with E-state index in [4.69, 9.17) is 16.2 Å². The first-order valence-electron chi connectivity index (χ1n) is 5.05. The number of hydrogen-bond acceptors (Lipinski definition) is 4. The number of para-hydroxylation sites is 1. The molecule has 0 aliphatic carbocycles. The number of halogens is 1. The average molecular weight is 355 g/mol. The van der Waals surface area contributed by atoms with Crippen LogP contribution in [0.3, 0.4) is 0 Å². The van der Waals surface area contributed by atoms with E-state index in [1.54, 1.807) is 0 Å². The maximum Gasteiger partial charge on any atom is 0.251 e. The smallest absolute Gasteiger partial charge is 0.251 e. The third kappa shape index (κ3) is 2.70. The second-order valence-electron chi connectivity index (χ2n) is 3.51. The molecule has 1 aromatic carbocycles. The molecule has 2 aromatic rings. The van der Waals surface area contributed by atoms with Crippen LogP contribution in [0, 0.1) is 3.57 Å². The second-order valence-corrected chi connectivity index (χ2v) is 4.67. The number of primary amides is 1. The first-order chi connectivity index (χ1) is 8.58. The van der Waals surface area contributed by atoms with Gasteiger partial charge in [0, 0.05) is 6.07 Å². The SMILES string of the molecule is NC(=O)c1cc(Oc2ccccc2I)ncc1N. The number of nitrogens with two attached hydrogens (primary N) is 2. The Balaban J connectivity index is 2.33. The second kappa shape index (κ2) is 5.21. The van der Waals surface area contributed by atoms with Crippen LogP contribution in [0.5, 0.6) is 11.6 Å². The standard InChI is InChI=1S/C12H10IN3O2/c13-8-3-1-2-4-10(8)18-11-5-7(12(15)17)9(14)6-16-11/h1-6H,14H2,(H2,15,17). The fourth-order valence-electron chi connectivity index (χ4n) is 1.36. The molecule has 0 fully saturated rings. The summed E-state index contributed by atoms with van der Waals surface area (Å²) in [5, 5.41) is 0. The highest BCUT2D eigenvalue weighted by molar-refractivity contribution is 14.1. The van der Waals surface area contributed by atoms with Crippen molar-refractivity contribution in [1.29, 1.82) is 0 Å². The molecule has 2 rings (SSSR count). The van der Waals surface area contributed by atoms with E-state index in [0.29, 0.717) is 5.75 Å². The number of rotatable bonds is 3. The van der Waals surface area contributed by atoms with E-state index in [0.717, 1.165) is 3.57 Å². The summed E-state index contributed by atoms with van der Waals surface area (Å²) in [7, 11) is 0. The Morgan fingerprint density at radius 2 is 2.06 bits per heavy atom. The third-order valence-corrected chi connectivity index (χ3v) is 3.12. The molecule has 0 atom stereocenters. The van der Waals surface area contributed by atoms with Gasteiger partial charge in [-0.2, -0.15) is 0 Å². The minimum absolute atomic E-state index is 0.200. The van der Waals surface area contributed by atoms with Gasteiger partial charge in [0.15, 0.2) is 0 Å². The molecule has 1 heterocycles. The number of benzene rings is 1. The van der Waals surface area contributed by atoms with E-state index in [1.807, 2.05) is 24.3 Å². The molecule has 0 unspecified atom stereocenters. The van der Waals surface area contributed by atoms with Gasteiger partial charge >= 0.3 is 0 Å². The summed E-state index contributed by atoms with van der Waals surface area (Å²) in [6, 6.07) is 8.90. The van der Waals surface area contributed by atoms with Gasteiger partial charge in [-0.05, 0) is 34.7 Å². The molecule has 0 spiro atoms. The third-order valence-electron chi connectivity index (χ3n) is 2.23. The van der Waals surface area contributed by atoms with Crippen LogP contribution in [0.4, 0.5) is 5.69 Å². The van der Waals surface area contributed by atoms with Crippen molar-refractivity contribution in [1.82, 2.24) is 4.98 Å². The van der Waals surface area contributed by atoms with Gasteiger partial charge in [0.25, 0.3) is 5.91 Å². The van der Waals surface area contributed by atoms with E-state index in [2.05, 4.69) is 27.6 Å². The van der Waals surface area contributed by atoms with E-state index in [-0.39, 0.29) is 17.1 Å². The fraction of sp³-hybridized carbons (Fsp3) is 0. The van der Waals surface area contributed by atoms with Crippen LogP contribution in [-0.2, 0) is 0 Å². The van der Waals surface area contributed by atoms with Gasteiger partial charge in [-0.15, -0.1) is 0 Å². The maximum absolute atomic E-state index is 11.2. The molecule has 0 saturated heterocycles. The maximum atomic E-state index is 11.2. The molecular weight excluding hydrogens is 345 g/mol. The molecule has 4 N–H and O–H groups in total. The van der Waals surface area contributed by atoms with Gasteiger partial charge in [0.2, 0.25) is 5.88 Å². The highest BCUT2D eigenvalue weighted by Crippen LogP contribution is 2.26. The van der Waals surface area contributed by atoms with Crippen molar-refractivity contribution in [2.45, 2.75) is 0 Å². The van der Waals surface area contributed by atoms with Crippen molar-refractivity contribution in [2.75, 3.05) is 5.73 Å². The Bertz CT molecular complexity index is 602. The summed E-state index contributed by atoms with van der Waals surface area (Å²) in [5.74, 6) is 0.329. The zero-order chi connectivity index (χ0) is 13.1. The molecule has 6 heteroatoms. The number of carbonyl (C=O) groups is 1. The molecule has 0 aliphatic rings. The van der Waals surface area contributed by atoms with Crippen molar-refractivity contribution >= 4 is 34.2 Å². The van der Waals surface area contributed by atoms with Crippen molar-refractivity contribution in [2.24, 2.45) is 5.73 Å². The van der Waals surface area contributed by atoms with Gasteiger partial charge in [-0.1, -0.05) is 12.1 Å². The summed E-state index contributed by atoms with van der Waals surface area (Å²) in [6.45, 7) is 0. The predicted molar refractivity (Wildman–Crippen MR) is 76.4 cm³/mol. The molecule has 1 amide bonds. The summed E-state index contributed by atoms with van der Waals surface area (Å²) in [5.41, 5.74) is 11.2. The summed E-state index contributed by atoms with van der Waals surface area (Å²) in [4.78, 5) is 15.2. The molecule has 0 radical (unpaired) electrons. The lowest BCUT2D eigenvalue weighted by molar-refractivity contribution is 0.100. The molecule has 5 nitrogen and oxygen atoms in total. The summed E-state index contributed by atoms with van der Waals surface area (Å²) in [6.07, 6.45) is 1.35. The molecule has 18 heavy (non-hydrogen) atoms. The lowest BCUT2D eigenvalue weighted by Crippen LogP contribution is -2.13. The van der Waals surface area contributed by atoms with E-state index < -0.39 is 5.91 Å². The zero-order valence-corrected chi connectivity index (χ0v) is 11.4. The summed E-state index contributed by atoms with van der Waals surface area (Å²) >= 11 is 2.15. The van der Waals surface area contributed by atoms with Gasteiger partial charge in [0.1, 0.15) is 5.75 Å². The number of carbonyl (C=O) groups excluding carboxylic acids is 1. The Hall–Kier alpha value is -1.83. The Morgan fingerprint density at radius 3 is 2.72 bits per heavy atom. The normalized spacial score (nSPS) is 10.1. The van der Waals surface area contributed by atoms with Crippen LogP contribution in [0.1, 0.15) is 10.4 Å². The molecular formula is C12H10IN3O2. The van der Waals surface area contributed by atoms with Gasteiger partial charge in [-0.3, -0.25) is 4.79 Å². The zero-order valence-electron chi connectivity index (χ0n) is 9.26. The summed E-state index contributed by atoms with van der Waals surface area (Å²) < 4.78 is 6.51. The van der Waals surface area contributed by atoms with Crippen molar-refractivity contribution in [3.63, 3.8) is 0 Å². The van der Waals surface area contributed by atoms with E-state index in [9.17, 15) is 4.79 Å². The average Bonchev–Trinajstić information content (AvgIpc) is 2.34. The number of amides is 1. The topological polar surface area (TPSA) is 91.2 Å².